The molecule has 27 heteroatoms. The van der Waals surface area contributed by atoms with Crippen molar-refractivity contribution in [2.75, 3.05) is 26.4 Å². The van der Waals surface area contributed by atoms with Crippen LogP contribution < -0.4 is 10.6 Å². The summed E-state index contributed by atoms with van der Waals surface area (Å²) in [4.78, 5) is 24.5. The van der Waals surface area contributed by atoms with E-state index in [-0.39, 0.29) is 0 Å². The summed E-state index contributed by atoms with van der Waals surface area (Å²) in [6.07, 6.45) is -41.7. The van der Waals surface area contributed by atoms with Crippen LogP contribution in [0.25, 0.3) is 0 Å². The van der Waals surface area contributed by atoms with Gasteiger partial charge in [0.2, 0.25) is 11.8 Å². The molecule has 5 heterocycles. The molecule has 0 aromatic rings. The fourth-order valence-corrected chi connectivity index (χ4v) is 7.76. The van der Waals surface area contributed by atoms with Gasteiger partial charge in [-0.25, -0.2) is 0 Å². The van der Waals surface area contributed by atoms with Crippen LogP contribution in [0.2, 0.25) is 0 Å². The van der Waals surface area contributed by atoms with Crippen molar-refractivity contribution in [1.29, 1.82) is 0 Å². The number of hydrogen-bond acceptors (Lipinski definition) is 25. The van der Waals surface area contributed by atoms with Crippen LogP contribution in [0, 0.1) is 0 Å². The van der Waals surface area contributed by atoms with Crippen molar-refractivity contribution < 1.29 is 124 Å². The molecule has 25 atom stereocenters. The van der Waals surface area contributed by atoms with E-state index in [1.54, 1.807) is 0 Å². The number of nitrogens with one attached hydrogen (secondary N) is 2. The van der Waals surface area contributed by atoms with Gasteiger partial charge in [0.15, 0.2) is 31.5 Å². The first kappa shape index (κ1) is 50.0. The maximum atomic E-state index is 12.5. The lowest BCUT2D eigenvalue weighted by Gasteiger charge is -2.51. The molecular formula is C34H58N2O25. The number of carbonyl (C=O) groups excluding carboxylic acids is 2. The summed E-state index contributed by atoms with van der Waals surface area (Å²) in [5.41, 5.74) is 0. The third-order valence-electron chi connectivity index (χ3n) is 11.1. The maximum Gasteiger partial charge on any atom is 0.217 e. The second-order valence-corrected chi connectivity index (χ2v) is 15.4. The first-order valence-electron chi connectivity index (χ1n) is 19.5. The van der Waals surface area contributed by atoms with Gasteiger partial charge in [0.05, 0.1) is 32.5 Å². The summed E-state index contributed by atoms with van der Waals surface area (Å²) in [5.74, 6) is -1.54. The number of aliphatic hydroxyl groups is 14. The van der Waals surface area contributed by atoms with Crippen molar-refractivity contribution in [3.8, 4) is 0 Å². The van der Waals surface area contributed by atoms with Crippen molar-refractivity contribution in [2.45, 2.75) is 174 Å². The predicted molar refractivity (Wildman–Crippen MR) is 188 cm³/mol. The molecule has 354 valence electrons. The Balaban J connectivity index is 1.51. The van der Waals surface area contributed by atoms with E-state index in [0.29, 0.717) is 0 Å². The summed E-state index contributed by atoms with van der Waals surface area (Å²) in [5, 5.41) is 153. The first-order valence-corrected chi connectivity index (χ1v) is 19.5. The third-order valence-corrected chi connectivity index (χ3v) is 11.1. The second-order valence-electron chi connectivity index (χ2n) is 15.4. The summed E-state index contributed by atoms with van der Waals surface area (Å²) in [6, 6.07) is -3.30. The highest BCUT2D eigenvalue weighted by Crippen LogP contribution is 2.37. The summed E-state index contributed by atoms with van der Waals surface area (Å²) in [6.45, 7) is -0.323. The fourth-order valence-electron chi connectivity index (χ4n) is 7.76. The minimum absolute atomic E-state index is 0.719. The van der Waals surface area contributed by atoms with Crippen molar-refractivity contribution in [3.05, 3.63) is 0 Å². The van der Waals surface area contributed by atoms with Crippen LogP contribution in [-0.2, 0) is 52.2 Å². The predicted octanol–water partition coefficient (Wildman–Crippen LogP) is -10.6. The molecule has 0 aromatic heterocycles. The lowest BCUT2D eigenvalue weighted by atomic mass is 9.94. The summed E-state index contributed by atoms with van der Waals surface area (Å²) >= 11 is 0. The largest absolute Gasteiger partial charge is 0.394 e. The highest BCUT2D eigenvalue weighted by molar-refractivity contribution is 5.73. The van der Waals surface area contributed by atoms with E-state index in [0.717, 1.165) is 13.8 Å². The Bertz CT molecular complexity index is 1420. The van der Waals surface area contributed by atoms with Gasteiger partial charge in [-0.05, 0) is 6.92 Å². The topological polar surface area (TPSA) is 424 Å². The number of rotatable bonds is 14. The molecule has 5 rings (SSSR count). The van der Waals surface area contributed by atoms with Crippen LogP contribution in [0.3, 0.4) is 0 Å². The van der Waals surface area contributed by atoms with Crippen molar-refractivity contribution in [2.24, 2.45) is 0 Å². The molecule has 0 radical (unpaired) electrons. The standard InChI is InChI=1S/C34H58N2O25/c1-8-17(43)22(48)24(50)32(53-8)61-29-28(19(45)12(5-38)56-34(29)59-26-13(6-39)54-30(52)15(20(26)46)35-9(2)41)60-31-16(36-10(3)42)21(47)27(14(7-40)57-31)58-33-25(51)23(49)18(44)11(4-37)55-33/h8,11-34,37-40,43-52H,4-7H2,1-3H3,(H,35,41)(H,36,42)/t8-,11+,12+,13+,14+,15+,16+,17+,18-,19-,20+,21+,22+,23-,24-,25+,26+,27-,28-,29+,30+,31-,32-,33-,34-/m0/s1. The van der Waals surface area contributed by atoms with E-state index in [9.17, 15) is 81.1 Å². The quantitative estimate of drug-likeness (QED) is 0.0770. The van der Waals surface area contributed by atoms with E-state index in [1.165, 1.54) is 6.92 Å². The molecule has 0 unspecified atom stereocenters. The number of amides is 2. The molecule has 0 spiro atoms. The molecule has 27 nitrogen and oxygen atoms in total. The van der Waals surface area contributed by atoms with Crippen LogP contribution in [0.5, 0.6) is 0 Å². The molecule has 5 aliphatic rings. The zero-order valence-electron chi connectivity index (χ0n) is 33.0. The van der Waals surface area contributed by atoms with Gasteiger partial charge in [-0.1, -0.05) is 0 Å². The molecule has 16 N–H and O–H groups in total. The van der Waals surface area contributed by atoms with Gasteiger partial charge >= 0.3 is 0 Å². The van der Waals surface area contributed by atoms with Crippen LogP contribution >= 0.6 is 0 Å². The zero-order valence-corrected chi connectivity index (χ0v) is 33.0. The number of carbonyl (C=O) groups is 2. The van der Waals surface area contributed by atoms with Gasteiger partial charge in [0.25, 0.3) is 0 Å². The van der Waals surface area contributed by atoms with E-state index in [4.69, 9.17) is 42.6 Å². The normalized spacial score (nSPS) is 49.6. The van der Waals surface area contributed by atoms with Crippen LogP contribution in [-0.4, -0.2) is 263 Å². The average molecular weight is 895 g/mol. The third kappa shape index (κ3) is 10.8. The van der Waals surface area contributed by atoms with Gasteiger partial charge in [-0.2, -0.15) is 0 Å². The van der Waals surface area contributed by atoms with E-state index < -0.39 is 192 Å². The highest BCUT2D eigenvalue weighted by atomic mass is 16.8. The van der Waals surface area contributed by atoms with Crippen molar-refractivity contribution in [3.63, 3.8) is 0 Å². The molecule has 0 aliphatic carbocycles. The van der Waals surface area contributed by atoms with Gasteiger partial charge in [0, 0.05) is 13.8 Å². The van der Waals surface area contributed by atoms with Crippen LogP contribution in [0.15, 0.2) is 0 Å². The Morgan fingerprint density at radius 3 is 1.39 bits per heavy atom. The molecule has 5 fully saturated rings. The Labute approximate surface area is 346 Å². The Hall–Kier alpha value is -1.98. The van der Waals surface area contributed by atoms with Gasteiger partial charge in [-0.15, -0.1) is 0 Å². The number of hydrogen-bond donors (Lipinski definition) is 16. The molecule has 5 aliphatic heterocycles. The SMILES string of the molecule is CC(=O)N[C@@H]1[C@@H](O)[C@H](O[C@@H]2O[C@H](CO)[C@H](O)[C@H](O[C@@H]3O[C@H](CO)[C@H](O[C@@H]4O[C@H](CO)[C@H](O)[C@H](O)[C@H]4O)[C@H](O)[C@H]3NC(C)=O)[C@H]2O[C@@H]2O[C@@H](C)[C@@H](O)[C@@H](O)[C@@H]2O)[C@@H](CO)O[C@H]1O. The number of aliphatic hydroxyl groups excluding tert-OH is 14. The molecule has 2 amide bonds. The molecule has 0 saturated carbocycles. The fraction of sp³-hybridized carbons (Fsp3) is 0.941. The van der Waals surface area contributed by atoms with Crippen molar-refractivity contribution >= 4 is 11.8 Å². The van der Waals surface area contributed by atoms with Gasteiger partial charge < -0.3 is 125 Å². The van der Waals surface area contributed by atoms with E-state index in [1.807, 2.05) is 0 Å². The lowest BCUT2D eigenvalue weighted by Crippen LogP contribution is -2.71. The highest BCUT2D eigenvalue weighted by Gasteiger charge is 2.58. The average Bonchev–Trinajstić information content (AvgIpc) is 3.22. The van der Waals surface area contributed by atoms with Gasteiger partial charge in [-0.3, -0.25) is 9.59 Å². The molecule has 0 aromatic carbocycles. The number of ether oxygens (including phenoxy) is 9. The minimum atomic E-state index is -2.02. The molecule has 61 heavy (non-hydrogen) atoms. The van der Waals surface area contributed by atoms with E-state index in [2.05, 4.69) is 10.6 Å². The summed E-state index contributed by atoms with van der Waals surface area (Å²) in [7, 11) is 0. The molecule has 5 saturated heterocycles. The zero-order chi connectivity index (χ0) is 45.2. The van der Waals surface area contributed by atoms with Crippen molar-refractivity contribution in [1.82, 2.24) is 10.6 Å². The monoisotopic (exact) mass is 894 g/mol. The molecule has 0 bridgehead atoms. The molecular weight excluding hydrogens is 836 g/mol. The summed E-state index contributed by atoms with van der Waals surface area (Å²) < 4.78 is 52.2. The van der Waals surface area contributed by atoms with E-state index >= 15 is 0 Å². The van der Waals surface area contributed by atoms with Crippen LogP contribution in [0.4, 0.5) is 0 Å². The maximum absolute atomic E-state index is 12.5. The second kappa shape index (κ2) is 21.3. The van der Waals surface area contributed by atoms with Gasteiger partial charge in [0.1, 0.15) is 116 Å². The Kier molecular flexibility index (Phi) is 17.5. The lowest BCUT2D eigenvalue weighted by molar-refractivity contribution is -0.401. The Morgan fingerprint density at radius 1 is 0.426 bits per heavy atom. The first-order chi connectivity index (χ1) is 28.8. The van der Waals surface area contributed by atoms with Crippen LogP contribution in [0.1, 0.15) is 20.8 Å². The Morgan fingerprint density at radius 2 is 0.836 bits per heavy atom. The minimum Gasteiger partial charge on any atom is -0.394 e. The smallest absolute Gasteiger partial charge is 0.217 e.